The van der Waals surface area contributed by atoms with E-state index in [1.165, 1.54) is 4.90 Å². The van der Waals surface area contributed by atoms with E-state index >= 15 is 0 Å². The van der Waals surface area contributed by atoms with Crippen LogP contribution in [0.25, 0.3) is 0 Å². The Morgan fingerprint density at radius 1 is 1.04 bits per heavy atom. The standard InChI is InChI=1S/C20H25N3O3/c1-14-8-15(2)10-17(9-14)22-20(25)21-12-16-6-5-7-18(11-16)26-13-19(24)23(3)4/h5-11H,12-13H2,1-4H3,(H2,21,22,25). The number of hydrogen-bond acceptors (Lipinski definition) is 3. The van der Waals surface area contributed by atoms with Crippen molar-refractivity contribution < 1.29 is 14.3 Å². The fraction of sp³-hybridized carbons (Fsp3) is 0.300. The number of anilines is 1. The fourth-order valence-electron chi connectivity index (χ4n) is 2.42. The molecule has 0 spiro atoms. The second-order valence-electron chi connectivity index (χ2n) is 6.41. The summed E-state index contributed by atoms with van der Waals surface area (Å²) in [5, 5.41) is 5.65. The molecule has 0 atom stereocenters. The molecule has 0 aliphatic rings. The summed E-state index contributed by atoms with van der Waals surface area (Å²) >= 11 is 0. The Balaban J connectivity index is 1.87. The van der Waals surface area contributed by atoms with E-state index in [9.17, 15) is 9.59 Å². The molecule has 3 amide bonds. The topological polar surface area (TPSA) is 70.7 Å². The van der Waals surface area contributed by atoms with Crippen molar-refractivity contribution in [2.45, 2.75) is 20.4 Å². The highest BCUT2D eigenvalue weighted by Gasteiger charge is 2.06. The van der Waals surface area contributed by atoms with Gasteiger partial charge in [-0.2, -0.15) is 0 Å². The molecule has 2 rings (SSSR count). The summed E-state index contributed by atoms with van der Waals surface area (Å²) in [5.74, 6) is 0.482. The quantitative estimate of drug-likeness (QED) is 0.836. The molecular weight excluding hydrogens is 330 g/mol. The first-order chi connectivity index (χ1) is 12.3. The normalized spacial score (nSPS) is 10.2. The van der Waals surface area contributed by atoms with Crippen molar-refractivity contribution in [3.05, 3.63) is 59.2 Å². The maximum absolute atomic E-state index is 12.1. The molecule has 138 valence electrons. The van der Waals surface area contributed by atoms with Gasteiger partial charge in [0.2, 0.25) is 0 Å². The molecule has 0 saturated heterocycles. The van der Waals surface area contributed by atoms with Crippen molar-refractivity contribution in [1.82, 2.24) is 10.2 Å². The van der Waals surface area contributed by atoms with Gasteiger partial charge in [-0.15, -0.1) is 0 Å². The minimum atomic E-state index is -0.274. The average Bonchev–Trinajstić information content (AvgIpc) is 2.57. The van der Waals surface area contributed by atoms with E-state index in [-0.39, 0.29) is 18.5 Å². The number of ether oxygens (including phenoxy) is 1. The lowest BCUT2D eigenvalue weighted by Crippen LogP contribution is -2.28. The van der Waals surface area contributed by atoms with Gasteiger partial charge in [0, 0.05) is 26.3 Å². The van der Waals surface area contributed by atoms with E-state index in [2.05, 4.69) is 16.7 Å². The molecule has 0 saturated carbocycles. The lowest BCUT2D eigenvalue weighted by atomic mass is 10.1. The van der Waals surface area contributed by atoms with Crippen LogP contribution in [0.15, 0.2) is 42.5 Å². The number of urea groups is 1. The minimum Gasteiger partial charge on any atom is -0.484 e. The molecule has 6 nitrogen and oxygen atoms in total. The first kappa shape index (κ1) is 19.3. The summed E-state index contributed by atoms with van der Waals surface area (Å²) in [4.78, 5) is 25.1. The van der Waals surface area contributed by atoms with Crippen molar-refractivity contribution in [1.29, 1.82) is 0 Å². The highest BCUT2D eigenvalue weighted by molar-refractivity contribution is 5.89. The number of hydrogen-bond donors (Lipinski definition) is 2. The van der Waals surface area contributed by atoms with Gasteiger partial charge in [0.1, 0.15) is 5.75 Å². The third-order valence-electron chi connectivity index (χ3n) is 3.69. The molecule has 2 aromatic rings. The highest BCUT2D eigenvalue weighted by atomic mass is 16.5. The summed E-state index contributed by atoms with van der Waals surface area (Å²) < 4.78 is 5.48. The van der Waals surface area contributed by atoms with E-state index < -0.39 is 0 Å². The molecule has 0 unspecified atom stereocenters. The van der Waals surface area contributed by atoms with Gasteiger partial charge in [0.15, 0.2) is 6.61 Å². The summed E-state index contributed by atoms with van der Waals surface area (Å²) in [5.41, 5.74) is 3.84. The van der Waals surface area contributed by atoms with Crippen LogP contribution in [0.3, 0.4) is 0 Å². The summed E-state index contributed by atoms with van der Waals surface area (Å²) in [6, 6.07) is 12.9. The maximum atomic E-state index is 12.1. The first-order valence-electron chi connectivity index (χ1n) is 8.38. The number of carbonyl (C=O) groups excluding carboxylic acids is 2. The average molecular weight is 355 g/mol. The Morgan fingerprint density at radius 3 is 2.38 bits per heavy atom. The number of rotatable bonds is 6. The molecular formula is C20H25N3O3. The van der Waals surface area contributed by atoms with Gasteiger partial charge in [-0.25, -0.2) is 4.79 Å². The van der Waals surface area contributed by atoms with Crippen molar-refractivity contribution in [3.63, 3.8) is 0 Å². The van der Waals surface area contributed by atoms with Gasteiger partial charge in [0.25, 0.3) is 5.91 Å². The number of nitrogens with zero attached hydrogens (tertiary/aromatic N) is 1. The zero-order valence-electron chi connectivity index (χ0n) is 15.6. The molecule has 0 heterocycles. The molecule has 6 heteroatoms. The Bertz CT molecular complexity index is 767. The van der Waals surface area contributed by atoms with E-state index in [4.69, 9.17) is 4.74 Å². The van der Waals surface area contributed by atoms with Crippen LogP contribution >= 0.6 is 0 Å². The molecule has 0 aromatic heterocycles. The summed E-state index contributed by atoms with van der Waals surface area (Å²) in [7, 11) is 3.36. The first-order valence-corrected chi connectivity index (χ1v) is 8.38. The van der Waals surface area contributed by atoms with Gasteiger partial charge in [-0.05, 0) is 54.8 Å². The van der Waals surface area contributed by atoms with Crippen LogP contribution in [0.5, 0.6) is 5.75 Å². The van der Waals surface area contributed by atoms with Crippen LogP contribution in [0, 0.1) is 13.8 Å². The number of benzene rings is 2. The Kier molecular flexibility index (Phi) is 6.60. The fourth-order valence-corrected chi connectivity index (χ4v) is 2.42. The molecule has 0 aliphatic heterocycles. The Morgan fingerprint density at radius 2 is 1.73 bits per heavy atom. The van der Waals surface area contributed by atoms with Gasteiger partial charge in [-0.1, -0.05) is 18.2 Å². The zero-order valence-corrected chi connectivity index (χ0v) is 15.6. The van der Waals surface area contributed by atoms with Crippen LogP contribution in [0.4, 0.5) is 10.5 Å². The van der Waals surface area contributed by atoms with Crippen molar-refractivity contribution in [2.75, 3.05) is 26.0 Å². The molecule has 0 aliphatic carbocycles. The highest BCUT2D eigenvalue weighted by Crippen LogP contribution is 2.15. The molecule has 0 bridgehead atoms. The number of likely N-dealkylation sites (N-methyl/N-ethyl adjacent to an activating group) is 1. The van der Waals surface area contributed by atoms with Crippen LogP contribution in [0.1, 0.15) is 16.7 Å². The second-order valence-corrected chi connectivity index (χ2v) is 6.41. The number of carbonyl (C=O) groups is 2. The lowest BCUT2D eigenvalue weighted by molar-refractivity contribution is -0.130. The van der Waals surface area contributed by atoms with Gasteiger partial charge in [-0.3, -0.25) is 4.79 Å². The second kappa shape index (κ2) is 8.89. The van der Waals surface area contributed by atoms with Crippen LogP contribution in [-0.4, -0.2) is 37.5 Å². The summed E-state index contributed by atoms with van der Waals surface area (Å²) in [6.07, 6.45) is 0. The smallest absolute Gasteiger partial charge is 0.319 e. The molecule has 2 aromatic carbocycles. The predicted molar refractivity (Wildman–Crippen MR) is 102 cm³/mol. The SMILES string of the molecule is Cc1cc(C)cc(NC(=O)NCc2cccc(OCC(=O)N(C)C)c2)c1. The minimum absolute atomic E-state index is 0.0168. The predicted octanol–water partition coefficient (Wildman–Crippen LogP) is 3.09. The molecule has 0 fully saturated rings. The van der Waals surface area contributed by atoms with Crippen molar-refractivity contribution in [2.24, 2.45) is 0 Å². The van der Waals surface area contributed by atoms with Gasteiger partial charge < -0.3 is 20.3 Å². The lowest BCUT2D eigenvalue weighted by Gasteiger charge is -2.12. The third kappa shape index (κ3) is 6.12. The molecule has 26 heavy (non-hydrogen) atoms. The molecule has 0 radical (unpaired) electrons. The van der Waals surface area contributed by atoms with Crippen molar-refractivity contribution >= 4 is 17.6 Å². The maximum Gasteiger partial charge on any atom is 0.319 e. The monoisotopic (exact) mass is 355 g/mol. The largest absolute Gasteiger partial charge is 0.484 e. The van der Waals surface area contributed by atoms with Crippen LogP contribution in [0.2, 0.25) is 0 Å². The van der Waals surface area contributed by atoms with Gasteiger partial charge >= 0.3 is 6.03 Å². The number of aryl methyl sites for hydroxylation is 2. The summed E-state index contributed by atoms with van der Waals surface area (Å²) in [6.45, 7) is 4.32. The number of nitrogens with one attached hydrogen (secondary N) is 2. The Hall–Kier alpha value is -3.02. The van der Waals surface area contributed by atoms with E-state index in [1.807, 2.05) is 38.1 Å². The van der Waals surface area contributed by atoms with E-state index in [0.29, 0.717) is 12.3 Å². The third-order valence-corrected chi connectivity index (χ3v) is 3.69. The van der Waals surface area contributed by atoms with Crippen LogP contribution < -0.4 is 15.4 Å². The molecule has 2 N–H and O–H groups in total. The van der Waals surface area contributed by atoms with Crippen LogP contribution in [-0.2, 0) is 11.3 Å². The zero-order chi connectivity index (χ0) is 19.1. The van der Waals surface area contributed by atoms with E-state index in [1.54, 1.807) is 26.2 Å². The van der Waals surface area contributed by atoms with Crippen molar-refractivity contribution in [3.8, 4) is 5.75 Å². The number of amides is 3. The van der Waals surface area contributed by atoms with E-state index in [0.717, 1.165) is 22.4 Å². The van der Waals surface area contributed by atoms with Gasteiger partial charge in [0.05, 0.1) is 0 Å². The Labute approximate surface area is 154 Å².